The van der Waals surface area contributed by atoms with Crippen molar-refractivity contribution in [1.82, 2.24) is 4.90 Å². The molecule has 1 aliphatic heterocycles. The Bertz CT molecular complexity index is 127. The van der Waals surface area contributed by atoms with Crippen molar-refractivity contribution in [2.45, 2.75) is 32.6 Å². The lowest BCUT2D eigenvalue weighted by molar-refractivity contribution is 0.411. The second-order valence-electron chi connectivity index (χ2n) is 3.12. The number of hydrogen-bond donors (Lipinski definition) is 0. The first-order chi connectivity index (χ1) is 4.83. The van der Waals surface area contributed by atoms with E-state index in [1.807, 2.05) is 0 Å². The van der Waals surface area contributed by atoms with Crippen LogP contribution in [0.5, 0.6) is 0 Å². The predicted octanol–water partition coefficient (Wildman–Crippen LogP) is 2.40. The molecular formula is C9H17N. The number of nitrogens with zero attached hydrogens (tertiary/aromatic N) is 1. The molecule has 10 heavy (non-hydrogen) atoms. The Labute approximate surface area is 63.7 Å². The van der Waals surface area contributed by atoms with Gasteiger partial charge in [-0.1, -0.05) is 18.9 Å². The van der Waals surface area contributed by atoms with Crippen molar-refractivity contribution in [3.63, 3.8) is 0 Å². The molecule has 0 bridgehead atoms. The SMILES string of the molecule is CCCC1=CN(C)CCC1. The van der Waals surface area contributed by atoms with Crippen LogP contribution in [-0.4, -0.2) is 18.5 Å². The molecule has 58 valence electrons. The highest BCUT2D eigenvalue weighted by atomic mass is 15.1. The zero-order chi connectivity index (χ0) is 7.40. The Morgan fingerprint density at radius 1 is 1.60 bits per heavy atom. The van der Waals surface area contributed by atoms with Crippen LogP contribution in [0.1, 0.15) is 32.6 Å². The second kappa shape index (κ2) is 3.65. The summed E-state index contributed by atoms with van der Waals surface area (Å²) >= 11 is 0. The molecule has 0 aromatic heterocycles. The van der Waals surface area contributed by atoms with Crippen molar-refractivity contribution >= 4 is 0 Å². The first kappa shape index (κ1) is 7.64. The molecule has 1 nitrogen and oxygen atoms in total. The molecule has 0 saturated carbocycles. The van der Waals surface area contributed by atoms with Crippen molar-refractivity contribution in [1.29, 1.82) is 0 Å². The summed E-state index contributed by atoms with van der Waals surface area (Å²) in [5.74, 6) is 0. The third kappa shape index (κ3) is 2.05. The van der Waals surface area contributed by atoms with E-state index < -0.39 is 0 Å². The maximum atomic E-state index is 2.31. The van der Waals surface area contributed by atoms with Gasteiger partial charge in [0.15, 0.2) is 0 Å². The summed E-state index contributed by atoms with van der Waals surface area (Å²) in [6.45, 7) is 3.49. The van der Waals surface area contributed by atoms with Crippen LogP contribution < -0.4 is 0 Å². The minimum absolute atomic E-state index is 1.24. The van der Waals surface area contributed by atoms with E-state index in [2.05, 4.69) is 25.1 Å². The monoisotopic (exact) mass is 139 g/mol. The molecule has 0 aromatic rings. The fourth-order valence-electron chi connectivity index (χ4n) is 1.51. The van der Waals surface area contributed by atoms with Crippen molar-refractivity contribution in [2.75, 3.05) is 13.6 Å². The average Bonchev–Trinajstić information content (AvgIpc) is 1.88. The Kier molecular flexibility index (Phi) is 2.79. The van der Waals surface area contributed by atoms with Crippen LogP contribution in [0.4, 0.5) is 0 Å². The maximum absolute atomic E-state index is 2.31. The fraction of sp³-hybridized carbons (Fsp3) is 0.778. The van der Waals surface area contributed by atoms with Crippen LogP contribution in [0.3, 0.4) is 0 Å². The average molecular weight is 139 g/mol. The van der Waals surface area contributed by atoms with Crippen molar-refractivity contribution in [3.05, 3.63) is 11.8 Å². The van der Waals surface area contributed by atoms with Gasteiger partial charge in [0.2, 0.25) is 0 Å². The molecule has 0 N–H and O–H groups in total. The topological polar surface area (TPSA) is 3.24 Å². The van der Waals surface area contributed by atoms with E-state index in [1.165, 1.54) is 32.2 Å². The van der Waals surface area contributed by atoms with E-state index in [0.29, 0.717) is 0 Å². The lowest BCUT2D eigenvalue weighted by atomic mass is 10.0. The second-order valence-corrected chi connectivity index (χ2v) is 3.12. The molecule has 0 amide bonds. The van der Waals surface area contributed by atoms with E-state index >= 15 is 0 Å². The minimum Gasteiger partial charge on any atom is -0.380 e. The third-order valence-electron chi connectivity index (χ3n) is 1.98. The highest BCUT2D eigenvalue weighted by molar-refractivity contribution is 5.03. The third-order valence-corrected chi connectivity index (χ3v) is 1.98. The lowest BCUT2D eigenvalue weighted by Gasteiger charge is -2.22. The fourth-order valence-corrected chi connectivity index (χ4v) is 1.51. The summed E-state index contributed by atoms with van der Waals surface area (Å²) in [5.41, 5.74) is 1.64. The number of rotatable bonds is 2. The maximum Gasteiger partial charge on any atom is 0.0172 e. The summed E-state index contributed by atoms with van der Waals surface area (Å²) in [6, 6.07) is 0. The Morgan fingerprint density at radius 2 is 2.40 bits per heavy atom. The van der Waals surface area contributed by atoms with Gasteiger partial charge in [-0.05, 0) is 25.5 Å². The number of hydrogen-bond acceptors (Lipinski definition) is 1. The van der Waals surface area contributed by atoms with E-state index in [9.17, 15) is 0 Å². The Balaban J connectivity index is 2.41. The zero-order valence-corrected chi connectivity index (χ0v) is 7.06. The van der Waals surface area contributed by atoms with Gasteiger partial charge >= 0.3 is 0 Å². The van der Waals surface area contributed by atoms with E-state index in [0.717, 1.165) is 0 Å². The molecule has 0 radical (unpaired) electrons. The van der Waals surface area contributed by atoms with Gasteiger partial charge in [-0.15, -0.1) is 0 Å². The smallest absolute Gasteiger partial charge is 0.0172 e. The molecular weight excluding hydrogens is 122 g/mol. The molecule has 1 aliphatic rings. The summed E-state index contributed by atoms with van der Waals surface area (Å²) in [5, 5.41) is 0. The Morgan fingerprint density at radius 3 is 3.00 bits per heavy atom. The molecule has 1 heterocycles. The van der Waals surface area contributed by atoms with Gasteiger partial charge in [0.25, 0.3) is 0 Å². The molecule has 0 aromatic carbocycles. The van der Waals surface area contributed by atoms with Gasteiger partial charge in [0.05, 0.1) is 0 Å². The van der Waals surface area contributed by atoms with Crippen molar-refractivity contribution in [3.8, 4) is 0 Å². The predicted molar refractivity (Wildman–Crippen MR) is 44.9 cm³/mol. The van der Waals surface area contributed by atoms with Crippen LogP contribution >= 0.6 is 0 Å². The molecule has 0 saturated heterocycles. The van der Waals surface area contributed by atoms with Crippen LogP contribution in [0.15, 0.2) is 11.8 Å². The Hall–Kier alpha value is -0.460. The van der Waals surface area contributed by atoms with Crippen LogP contribution in [0, 0.1) is 0 Å². The highest BCUT2D eigenvalue weighted by Crippen LogP contribution is 2.17. The normalized spacial score (nSPS) is 19.0. The van der Waals surface area contributed by atoms with Gasteiger partial charge < -0.3 is 4.90 Å². The lowest BCUT2D eigenvalue weighted by Crippen LogP contribution is -2.17. The zero-order valence-electron chi connectivity index (χ0n) is 7.06. The van der Waals surface area contributed by atoms with Gasteiger partial charge in [0.1, 0.15) is 0 Å². The molecule has 0 fully saturated rings. The van der Waals surface area contributed by atoms with Crippen LogP contribution in [0.25, 0.3) is 0 Å². The van der Waals surface area contributed by atoms with Gasteiger partial charge in [-0.3, -0.25) is 0 Å². The summed E-state index contributed by atoms with van der Waals surface area (Å²) in [7, 11) is 2.16. The van der Waals surface area contributed by atoms with Gasteiger partial charge in [0, 0.05) is 13.6 Å². The van der Waals surface area contributed by atoms with E-state index in [4.69, 9.17) is 0 Å². The van der Waals surface area contributed by atoms with E-state index in [1.54, 1.807) is 5.57 Å². The molecule has 1 rings (SSSR count). The molecule has 1 heteroatoms. The minimum atomic E-state index is 1.24. The first-order valence-electron chi connectivity index (χ1n) is 4.22. The first-order valence-corrected chi connectivity index (χ1v) is 4.22. The van der Waals surface area contributed by atoms with E-state index in [-0.39, 0.29) is 0 Å². The van der Waals surface area contributed by atoms with Crippen molar-refractivity contribution < 1.29 is 0 Å². The van der Waals surface area contributed by atoms with Crippen LogP contribution in [-0.2, 0) is 0 Å². The summed E-state index contributed by atoms with van der Waals surface area (Å²) in [6.07, 6.45) is 7.58. The van der Waals surface area contributed by atoms with Crippen molar-refractivity contribution in [2.24, 2.45) is 0 Å². The van der Waals surface area contributed by atoms with Crippen LogP contribution in [0.2, 0.25) is 0 Å². The van der Waals surface area contributed by atoms with Gasteiger partial charge in [-0.2, -0.15) is 0 Å². The van der Waals surface area contributed by atoms with Gasteiger partial charge in [-0.25, -0.2) is 0 Å². The molecule has 0 spiro atoms. The molecule has 0 aliphatic carbocycles. The standard InChI is InChI=1S/C9H17N/c1-3-5-9-6-4-7-10(2)8-9/h8H,3-7H2,1-2H3. The quantitative estimate of drug-likeness (QED) is 0.568. The molecule has 0 atom stereocenters. The molecule has 0 unspecified atom stereocenters. The number of allylic oxidation sites excluding steroid dienone is 1. The highest BCUT2D eigenvalue weighted by Gasteiger charge is 2.04. The summed E-state index contributed by atoms with van der Waals surface area (Å²) in [4.78, 5) is 2.30. The summed E-state index contributed by atoms with van der Waals surface area (Å²) < 4.78 is 0. The largest absolute Gasteiger partial charge is 0.380 e.